The molecule has 7 nitrogen and oxygen atoms in total. The lowest BCUT2D eigenvalue weighted by atomic mass is 9.72. The molecule has 2 aliphatic heterocycles. The number of benzene rings is 2. The van der Waals surface area contributed by atoms with E-state index in [4.69, 9.17) is 0 Å². The smallest absolute Gasteiger partial charge is 0.325 e. The van der Waals surface area contributed by atoms with Crippen LogP contribution < -0.4 is 5.32 Å². The SMILES string of the molecule is CCC(C)C1(C(=O)O)NC(c2cc(Br)ccc2O)C2C(=O)N(Cc3ccccc3)C(=O)C21. The molecule has 2 heterocycles. The molecule has 0 bridgehead atoms. The number of phenolic OH excluding ortho intramolecular Hbond substituents is 1. The zero-order valence-corrected chi connectivity index (χ0v) is 19.4. The highest BCUT2D eigenvalue weighted by Gasteiger charge is 2.69. The minimum Gasteiger partial charge on any atom is -0.508 e. The summed E-state index contributed by atoms with van der Waals surface area (Å²) < 4.78 is 0.679. The van der Waals surface area contributed by atoms with Crippen LogP contribution in [0.1, 0.15) is 37.4 Å². The number of carboxylic acids is 1. The fourth-order valence-electron chi connectivity index (χ4n) is 5.15. The molecule has 2 amide bonds. The molecular weight excluding hydrogens is 476 g/mol. The molecule has 5 atom stereocenters. The molecule has 2 aromatic carbocycles. The Balaban J connectivity index is 1.85. The van der Waals surface area contributed by atoms with Gasteiger partial charge in [0.2, 0.25) is 11.8 Å². The standard InChI is InChI=1S/C24H25BrN2O5/c1-3-13(2)24(23(31)32)19-18(20(26-24)16-11-15(25)9-10-17(16)28)21(29)27(22(19)30)12-14-7-5-4-6-8-14/h4-11,13,18-20,26,28H,3,12H2,1-2H3,(H,31,32). The Morgan fingerprint density at radius 3 is 2.50 bits per heavy atom. The van der Waals surface area contributed by atoms with Gasteiger partial charge in [0.05, 0.1) is 18.4 Å². The van der Waals surface area contributed by atoms with Crippen molar-refractivity contribution in [1.82, 2.24) is 10.2 Å². The van der Waals surface area contributed by atoms with Crippen molar-refractivity contribution in [2.24, 2.45) is 17.8 Å². The highest BCUT2D eigenvalue weighted by atomic mass is 79.9. The average molecular weight is 501 g/mol. The van der Waals surface area contributed by atoms with Crippen LogP contribution in [-0.2, 0) is 20.9 Å². The third kappa shape index (κ3) is 3.33. The van der Waals surface area contributed by atoms with Crippen LogP contribution in [0.2, 0.25) is 0 Å². The summed E-state index contributed by atoms with van der Waals surface area (Å²) >= 11 is 3.38. The molecule has 0 spiro atoms. The van der Waals surface area contributed by atoms with Crippen molar-refractivity contribution < 1.29 is 24.6 Å². The first-order valence-electron chi connectivity index (χ1n) is 10.6. The average Bonchev–Trinajstić information content (AvgIpc) is 3.26. The topological polar surface area (TPSA) is 107 Å². The van der Waals surface area contributed by atoms with Gasteiger partial charge in [0.15, 0.2) is 0 Å². The Morgan fingerprint density at radius 1 is 1.19 bits per heavy atom. The molecule has 3 N–H and O–H groups in total. The van der Waals surface area contributed by atoms with Gasteiger partial charge in [0.25, 0.3) is 0 Å². The van der Waals surface area contributed by atoms with E-state index in [1.54, 1.807) is 19.1 Å². The molecule has 4 rings (SSSR count). The molecule has 2 aliphatic rings. The first-order chi connectivity index (χ1) is 15.2. The second-order valence-corrected chi connectivity index (χ2v) is 9.48. The van der Waals surface area contributed by atoms with Crippen molar-refractivity contribution in [3.63, 3.8) is 0 Å². The van der Waals surface area contributed by atoms with Gasteiger partial charge in [0.1, 0.15) is 11.3 Å². The minimum absolute atomic E-state index is 0.0588. The van der Waals surface area contributed by atoms with Gasteiger partial charge in [-0.2, -0.15) is 0 Å². The number of carbonyl (C=O) groups excluding carboxylic acids is 2. The maximum absolute atomic E-state index is 13.6. The van der Waals surface area contributed by atoms with Crippen LogP contribution in [0.5, 0.6) is 5.75 Å². The Bertz CT molecular complexity index is 1080. The maximum atomic E-state index is 13.6. The van der Waals surface area contributed by atoms with Gasteiger partial charge in [-0.05, 0) is 29.7 Å². The summed E-state index contributed by atoms with van der Waals surface area (Å²) in [5.41, 5.74) is -0.450. The Hall–Kier alpha value is -2.71. The summed E-state index contributed by atoms with van der Waals surface area (Å²) in [6.07, 6.45) is 0.500. The number of amides is 2. The van der Waals surface area contributed by atoms with Gasteiger partial charge in [-0.25, -0.2) is 0 Å². The number of hydrogen-bond acceptors (Lipinski definition) is 5. The largest absolute Gasteiger partial charge is 0.508 e. The fourth-order valence-corrected chi connectivity index (χ4v) is 5.53. The lowest BCUT2D eigenvalue weighted by Crippen LogP contribution is -2.59. The molecular formula is C24H25BrN2O5. The van der Waals surface area contributed by atoms with Gasteiger partial charge in [-0.3, -0.25) is 24.6 Å². The molecule has 0 aromatic heterocycles. The van der Waals surface area contributed by atoms with E-state index in [0.29, 0.717) is 16.5 Å². The van der Waals surface area contributed by atoms with Crippen molar-refractivity contribution in [3.8, 4) is 5.75 Å². The number of halogens is 1. The van der Waals surface area contributed by atoms with Gasteiger partial charge in [-0.15, -0.1) is 0 Å². The number of imide groups is 1. The van der Waals surface area contributed by atoms with E-state index in [9.17, 15) is 24.6 Å². The van der Waals surface area contributed by atoms with E-state index in [1.165, 1.54) is 11.0 Å². The van der Waals surface area contributed by atoms with Gasteiger partial charge < -0.3 is 10.2 Å². The van der Waals surface area contributed by atoms with E-state index >= 15 is 0 Å². The summed E-state index contributed by atoms with van der Waals surface area (Å²) in [7, 11) is 0. The number of fused-ring (bicyclic) bond motifs is 1. The second kappa shape index (κ2) is 8.33. The monoisotopic (exact) mass is 500 g/mol. The summed E-state index contributed by atoms with van der Waals surface area (Å²) in [4.78, 5) is 41.1. The Kier molecular flexibility index (Phi) is 5.85. The number of carboxylic acid groups (broad SMARTS) is 1. The van der Waals surface area contributed by atoms with E-state index in [-0.39, 0.29) is 12.3 Å². The number of aliphatic carboxylic acids is 1. The lowest BCUT2D eigenvalue weighted by Gasteiger charge is -2.36. The van der Waals surface area contributed by atoms with Crippen LogP contribution in [0.25, 0.3) is 0 Å². The van der Waals surface area contributed by atoms with Crippen molar-refractivity contribution in [3.05, 3.63) is 64.1 Å². The van der Waals surface area contributed by atoms with Crippen LogP contribution in [0.3, 0.4) is 0 Å². The third-order valence-corrected chi connectivity index (χ3v) is 7.43. The number of nitrogens with zero attached hydrogens (tertiary/aromatic N) is 1. The predicted molar refractivity (Wildman–Crippen MR) is 120 cm³/mol. The van der Waals surface area contributed by atoms with Crippen LogP contribution in [0, 0.1) is 17.8 Å². The normalized spacial score (nSPS) is 28.1. The van der Waals surface area contributed by atoms with Crippen LogP contribution in [-0.4, -0.2) is 38.4 Å². The Morgan fingerprint density at radius 2 is 1.88 bits per heavy atom. The molecule has 168 valence electrons. The molecule has 32 heavy (non-hydrogen) atoms. The molecule has 8 heteroatoms. The van der Waals surface area contributed by atoms with E-state index in [2.05, 4.69) is 21.2 Å². The van der Waals surface area contributed by atoms with Crippen LogP contribution in [0.4, 0.5) is 0 Å². The number of hydrogen-bond donors (Lipinski definition) is 3. The zero-order valence-electron chi connectivity index (χ0n) is 17.8. The van der Waals surface area contributed by atoms with E-state index in [1.807, 2.05) is 37.3 Å². The molecule has 0 radical (unpaired) electrons. The zero-order chi connectivity index (χ0) is 23.2. The lowest BCUT2D eigenvalue weighted by molar-refractivity contribution is -0.154. The summed E-state index contributed by atoms with van der Waals surface area (Å²) in [6.45, 7) is 3.72. The molecule has 2 aromatic rings. The number of likely N-dealkylation sites (tertiary alicyclic amines) is 1. The first kappa shape index (κ1) is 22.5. The van der Waals surface area contributed by atoms with Crippen molar-refractivity contribution in [1.29, 1.82) is 0 Å². The number of phenols is 1. The quantitative estimate of drug-likeness (QED) is 0.524. The molecule has 2 fully saturated rings. The minimum atomic E-state index is -1.63. The molecule has 0 aliphatic carbocycles. The molecule has 5 unspecified atom stereocenters. The van der Waals surface area contributed by atoms with Crippen molar-refractivity contribution >= 4 is 33.7 Å². The number of nitrogens with one attached hydrogen (secondary N) is 1. The highest BCUT2D eigenvalue weighted by Crippen LogP contribution is 2.53. The predicted octanol–water partition coefficient (Wildman–Crippen LogP) is 3.47. The summed E-state index contributed by atoms with van der Waals surface area (Å²) in [6, 6.07) is 13.1. The van der Waals surface area contributed by atoms with E-state index in [0.717, 1.165) is 5.56 Å². The van der Waals surface area contributed by atoms with Crippen molar-refractivity contribution in [2.75, 3.05) is 0 Å². The summed E-state index contributed by atoms with van der Waals surface area (Å²) in [5, 5.41) is 24.1. The highest BCUT2D eigenvalue weighted by molar-refractivity contribution is 9.10. The second-order valence-electron chi connectivity index (χ2n) is 8.56. The van der Waals surface area contributed by atoms with Crippen molar-refractivity contribution in [2.45, 2.75) is 38.4 Å². The number of rotatable bonds is 6. The molecule has 0 saturated carbocycles. The van der Waals surface area contributed by atoms with Crippen LogP contribution >= 0.6 is 15.9 Å². The fraction of sp³-hybridized carbons (Fsp3) is 0.375. The van der Waals surface area contributed by atoms with Gasteiger partial charge >= 0.3 is 5.97 Å². The number of aromatic hydroxyl groups is 1. The van der Waals surface area contributed by atoms with Crippen LogP contribution in [0.15, 0.2) is 53.0 Å². The third-order valence-electron chi connectivity index (χ3n) is 6.94. The maximum Gasteiger partial charge on any atom is 0.325 e. The summed E-state index contributed by atoms with van der Waals surface area (Å²) in [5.74, 6) is -4.58. The Labute approximate surface area is 194 Å². The van der Waals surface area contributed by atoms with Gasteiger partial charge in [-0.1, -0.05) is 66.5 Å². The van der Waals surface area contributed by atoms with Gasteiger partial charge in [0, 0.05) is 16.1 Å². The van der Waals surface area contributed by atoms with E-state index < -0.39 is 47.1 Å². The molecule has 2 saturated heterocycles. The first-order valence-corrected chi connectivity index (χ1v) is 11.4. The number of carbonyl (C=O) groups is 3.